The first-order valence-electron chi connectivity index (χ1n) is 20.5. The highest BCUT2D eigenvalue weighted by atomic mass is 32.1. The summed E-state index contributed by atoms with van der Waals surface area (Å²) in [5.41, 5.74) is 4.24. The van der Waals surface area contributed by atoms with Crippen LogP contribution in [0.5, 0.6) is 0 Å². The van der Waals surface area contributed by atoms with E-state index in [1.54, 1.807) is 33.5 Å². The van der Waals surface area contributed by atoms with E-state index in [0.717, 1.165) is 48.3 Å². The lowest BCUT2D eigenvalue weighted by Crippen LogP contribution is -2.51. The largest absolute Gasteiger partial charge is 0.453 e. The highest BCUT2D eigenvalue weighted by Gasteiger charge is 2.43. The van der Waals surface area contributed by atoms with Gasteiger partial charge in [-0.3, -0.25) is 9.59 Å². The molecule has 2 saturated heterocycles. The molecule has 7 rings (SSSR count). The monoisotopic (exact) mass is 810 g/mol. The van der Waals surface area contributed by atoms with Gasteiger partial charge in [0.15, 0.2) is 0 Å². The number of carbonyl (C=O) groups excluding carboxylic acids is 4. The molecule has 3 aromatic heterocycles. The Morgan fingerprint density at radius 3 is 1.55 bits per heavy atom. The number of carbonyl (C=O) groups is 4. The van der Waals surface area contributed by atoms with E-state index in [0.29, 0.717) is 36.1 Å². The van der Waals surface area contributed by atoms with Gasteiger partial charge in [-0.05, 0) is 103 Å². The van der Waals surface area contributed by atoms with Crippen LogP contribution in [-0.2, 0) is 31.9 Å². The zero-order chi connectivity index (χ0) is 41.1. The van der Waals surface area contributed by atoms with Crippen molar-refractivity contribution in [3.8, 4) is 23.7 Å². The van der Waals surface area contributed by atoms with Gasteiger partial charge in [-0.1, -0.05) is 40.5 Å². The van der Waals surface area contributed by atoms with Crippen LogP contribution >= 0.6 is 11.3 Å². The molecule has 15 heteroatoms. The summed E-state index contributed by atoms with van der Waals surface area (Å²) in [7, 11) is 2.58. The predicted octanol–water partition coefficient (Wildman–Crippen LogP) is 5.74. The number of hydrogen-bond donors (Lipinski definition) is 4. The quantitative estimate of drug-likeness (QED) is 0.209. The summed E-state index contributed by atoms with van der Waals surface area (Å²) in [6, 6.07) is -1.87. The topological polar surface area (TPSA) is 175 Å². The lowest BCUT2D eigenvalue weighted by Gasteiger charge is -2.29. The van der Waals surface area contributed by atoms with Crippen LogP contribution < -0.4 is 10.6 Å². The number of fused-ring (bicyclic) bond motifs is 1. The second-order valence-corrected chi connectivity index (χ2v) is 17.8. The summed E-state index contributed by atoms with van der Waals surface area (Å²) >= 11 is 1.63. The van der Waals surface area contributed by atoms with Gasteiger partial charge in [-0.15, -0.1) is 11.3 Å². The molecule has 308 valence electrons. The van der Waals surface area contributed by atoms with E-state index in [9.17, 15) is 19.2 Å². The van der Waals surface area contributed by atoms with E-state index >= 15 is 0 Å². The van der Waals surface area contributed by atoms with Crippen LogP contribution in [0.25, 0.3) is 0 Å². The Hall–Kier alpha value is -5.28. The molecule has 3 fully saturated rings. The molecule has 2 aliphatic carbocycles. The highest BCUT2D eigenvalue weighted by molar-refractivity contribution is 7.13. The molecule has 4 aliphatic rings. The molecule has 5 heterocycles. The third-order valence-corrected chi connectivity index (χ3v) is 13.3. The number of rotatable bonds is 8. The Labute approximate surface area is 344 Å². The van der Waals surface area contributed by atoms with Crippen molar-refractivity contribution in [2.75, 3.05) is 27.3 Å². The number of hydrogen-bond acceptors (Lipinski definition) is 9. The fraction of sp³-hybridized carbons (Fsp3) is 0.581. The van der Waals surface area contributed by atoms with Gasteiger partial charge in [0.1, 0.15) is 35.1 Å². The SMILES string of the molecule is COC(=O)NC(C(=O)N1CCCC1c1ncc(C#Cc2sc(C#Cc3cnc(C4CCCN4C(=O)C(NC(=O)OC)C(C)C)[nH]3)c3c2CC2(CCCC2)C3)[nH]1)C(C)C. The summed E-state index contributed by atoms with van der Waals surface area (Å²) in [6.07, 6.45) is 12.4. The summed E-state index contributed by atoms with van der Waals surface area (Å²) in [5, 5.41) is 5.40. The summed E-state index contributed by atoms with van der Waals surface area (Å²) in [5.74, 6) is 14.4. The van der Waals surface area contributed by atoms with Crippen molar-refractivity contribution in [1.29, 1.82) is 0 Å². The molecule has 1 spiro atoms. The normalized spacial score (nSPS) is 20.3. The molecule has 4 amide bonds. The summed E-state index contributed by atoms with van der Waals surface area (Å²) in [6.45, 7) is 8.76. The zero-order valence-electron chi connectivity index (χ0n) is 34.3. The van der Waals surface area contributed by atoms with E-state index in [1.165, 1.54) is 51.0 Å². The summed E-state index contributed by atoms with van der Waals surface area (Å²) < 4.78 is 9.55. The molecule has 4 N–H and O–H groups in total. The Kier molecular flexibility index (Phi) is 12.2. The minimum Gasteiger partial charge on any atom is -0.453 e. The van der Waals surface area contributed by atoms with Gasteiger partial charge in [-0.2, -0.15) is 0 Å². The number of imidazole rings is 2. The van der Waals surface area contributed by atoms with E-state index in [1.807, 2.05) is 27.7 Å². The predicted molar refractivity (Wildman–Crippen MR) is 217 cm³/mol. The molecule has 58 heavy (non-hydrogen) atoms. The Morgan fingerprint density at radius 2 is 1.16 bits per heavy atom. The number of alkyl carbamates (subject to hydrolysis) is 2. The Morgan fingerprint density at radius 1 is 0.724 bits per heavy atom. The smallest absolute Gasteiger partial charge is 0.407 e. The molecule has 0 aromatic carbocycles. The van der Waals surface area contributed by atoms with Crippen LogP contribution in [-0.4, -0.2) is 93.1 Å². The maximum atomic E-state index is 13.6. The number of nitrogens with zero attached hydrogens (tertiary/aromatic N) is 4. The molecule has 1 saturated carbocycles. The molecular weight excluding hydrogens is 757 g/mol. The molecule has 14 nitrogen and oxygen atoms in total. The second-order valence-electron chi connectivity index (χ2n) is 16.7. The number of aromatic amines is 2. The molecule has 2 aliphatic heterocycles. The minimum atomic E-state index is -0.701. The molecule has 4 unspecified atom stereocenters. The van der Waals surface area contributed by atoms with Gasteiger partial charge in [0.25, 0.3) is 0 Å². The molecule has 0 bridgehead atoms. The van der Waals surface area contributed by atoms with Gasteiger partial charge < -0.3 is 39.9 Å². The van der Waals surface area contributed by atoms with Gasteiger partial charge in [0, 0.05) is 13.1 Å². The van der Waals surface area contributed by atoms with Crippen LogP contribution in [0.2, 0.25) is 0 Å². The van der Waals surface area contributed by atoms with Gasteiger partial charge in [-0.25, -0.2) is 19.6 Å². The fourth-order valence-corrected chi connectivity index (χ4v) is 10.2. The van der Waals surface area contributed by atoms with Crippen molar-refractivity contribution in [2.45, 2.75) is 116 Å². The van der Waals surface area contributed by atoms with Gasteiger partial charge in [0.05, 0.1) is 48.5 Å². The maximum Gasteiger partial charge on any atom is 0.407 e. The van der Waals surface area contributed by atoms with Crippen LogP contribution in [0.4, 0.5) is 9.59 Å². The average Bonchev–Trinajstić information content (AvgIpc) is 4.06. The van der Waals surface area contributed by atoms with E-state index in [2.05, 4.69) is 54.3 Å². The summed E-state index contributed by atoms with van der Waals surface area (Å²) in [4.78, 5) is 73.0. The number of likely N-dealkylation sites (tertiary alicyclic amines) is 2. The molecule has 0 radical (unpaired) electrons. The highest BCUT2D eigenvalue weighted by Crippen LogP contribution is 2.52. The maximum absolute atomic E-state index is 13.6. The number of ether oxygens (including phenoxy) is 2. The number of methoxy groups -OCH3 is 2. The van der Waals surface area contributed by atoms with E-state index in [-0.39, 0.29) is 41.1 Å². The van der Waals surface area contributed by atoms with E-state index in [4.69, 9.17) is 9.47 Å². The van der Waals surface area contributed by atoms with Crippen molar-refractivity contribution in [3.63, 3.8) is 0 Å². The fourth-order valence-electron chi connectivity index (χ4n) is 9.14. The first-order chi connectivity index (χ1) is 27.9. The lowest BCUT2D eigenvalue weighted by atomic mass is 9.83. The second kappa shape index (κ2) is 17.3. The number of aromatic nitrogens is 4. The molecule has 4 atom stereocenters. The molecular formula is C43H54N8O6S. The first kappa shape index (κ1) is 40.9. The first-order valence-corrected chi connectivity index (χ1v) is 21.3. The standard InChI is InChI=1S/C43H54N8O6S/c1-25(2)35(48-41(54)56-5)39(52)50-19-9-11-31(50)37-44-23-27(46-37)13-15-33-29-21-43(17-7-8-18-43)22-30(29)34(58-33)16-14-28-24-45-38(47-28)32-12-10-20-51(32)40(53)36(26(3)4)49-42(55)57-6/h23-26,31-32,35-36H,7-12,17-22H2,1-6H3,(H,44,46)(H,45,47)(H,48,54)(H,49,55). The third-order valence-electron chi connectivity index (χ3n) is 12.2. The number of nitrogens with one attached hydrogen (secondary N) is 4. The lowest BCUT2D eigenvalue weighted by molar-refractivity contribution is -0.136. The van der Waals surface area contributed by atoms with Gasteiger partial charge >= 0.3 is 12.2 Å². The van der Waals surface area contributed by atoms with Crippen molar-refractivity contribution in [1.82, 2.24) is 40.4 Å². The van der Waals surface area contributed by atoms with Crippen LogP contribution in [0.3, 0.4) is 0 Å². The molecule has 3 aromatic rings. The van der Waals surface area contributed by atoms with Crippen molar-refractivity contribution in [3.05, 3.63) is 56.3 Å². The number of thiophene rings is 1. The van der Waals surface area contributed by atoms with Crippen LogP contribution in [0.15, 0.2) is 12.4 Å². The van der Waals surface area contributed by atoms with Crippen molar-refractivity contribution >= 4 is 35.3 Å². The Balaban J connectivity index is 1.10. The van der Waals surface area contributed by atoms with Gasteiger partial charge in [0.2, 0.25) is 11.8 Å². The Bertz CT molecular complexity index is 2010. The van der Waals surface area contributed by atoms with Crippen LogP contribution in [0, 0.1) is 40.9 Å². The number of H-pyrrole nitrogens is 2. The number of amides is 4. The van der Waals surface area contributed by atoms with Crippen molar-refractivity contribution in [2.24, 2.45) is 17.3 Å². The van der Waals surface area contributed by atoms with Crippen LogP contribution in [0.1, 0.15) is 135 Å². The van der Waals surface area contributed by atoms with E-state index < -0.39 is 24.3 Å². The third kappa shape index (κ3) is 8.46. The average molecular weight is 811 g/mol. The van der Waals surface area contributed by atoms with Crippen molar-refractivity contribution < 1.29 is 28.7 Å². The minimum absolute atomic E-state index is 0.115. The zero-order valence-corrected chi connectivity index (χ0v) is 35.1.